The number of carbonyl (C=O) groups excluding carboxylic acids is 2. The van der Waals surface area contributed by atoms with Crippen LogP contribution in [0.1, 0.15) is 6.92 Å². The van der Waals surface area contributed by atoms with Crippen molar-refractivity contribution in [2.45, 2.75) is 12.5 Å². The predicted octanol–water partition coefficient (Wildman–Crippen LogP) is -1.30. The third-order valence-corrected chi connectivity index (χ3v) is 2.61. The van der Waals surface area contributed by atoms with E-state index in [-0.39, 0.29) is 12.5 Å². The lowest BCUT2D eigenvalue weighted by atomic mass is 10.1. The fourth-order valence-corrected chi connectivity index (χ4v) is 1.76. The van der Waals surface area contributed by atoms with Crippen LogP contribution in [-0.4, -0.2) is 47.0 Å². The summed E-state index contributed by atoms with van der Waals surface area (Å²) in [6, 6.07) is 0. The summed E-state index contributed by atoms with van der Waals surface area (Å²) < 4.78 is 0. The van der Waals surface area contributed by atoms with E-state index >= 15 is 0 Å². The number of carbonyl (C=O) groups is 2. The molecule has 0 aromatic heterocycles. The van der Waals surface area contributed by atoms with Gasteiger partial charge in [0.25, 0.3) is 0 Å². The Hall–Kier alpha value is -1.08. The van der Waals surface area contributed by atoms with E-state index in [4.69, 9.17) is 0 Å². The summed E-state index contributed by atoms with van der Waals surface area (Å²) in [5, 5.41) is 14.3. The van der Waals surface area contributed by atoms with E-state index in [9.17, 15) is 14.7 Å². The number of aliphatic imine (C=N–C) groups is 1. The topological polar surface area (TPSA) is 90.8 Å². The maximum absolute atomic E-state index is 10.8. The fraction of sp³-hybridized carbons (Fsp3) is 0.625. The third kappa shape index (κ3) is 3.52. The van der Waals surface area contributed by atoms with E-state index in [1.807, 2.05) is 6.26 Å². The Morgan fingerprint density at radius 3 is 2.40 bits per heavy atom. The predicted molar refractivity (Wildman–Crippen MR) is 57.6 cm³/mol. The SMILES string of the molecule is CSCC(C)(O)CN=C1NC(=O)C(=O)N1. The first-order valence-electron chi connectivity index (χ1n) is 4.33. The van der Waals surface area contributed by atoms with Gasteiger partial charge in [-0.3, -0.25) is 20.2 Å². The standard InChI is InChI=1S/C8H13N3O3S/c1-8(14,4-15-2)3-9-7-10-5(12)6(13)11-7/h14H,3-4H2,1-2H3,(H2,9,10,11,12,13). The summed E-state index contributed by atoms with van der Waals surface area (Å²) in [6.45, 7) is 1.77. The average Bonchev–Trinajstić information content (AvgIpc) is 2.44. The molecule has 3 N–H and O–H groups in total. The van der Waals surface area contributed by atoms with Crippen LogP contribution in [0.3, 0.4) is 0 Å². The Bertz CT molecular complexity index is 296. The zero-order valence-corrected chi connectivity index (χ0v) is 9.35. The molecule has 1 unspecified atom stereocenters. The van der Waals surface area contributed by atoms with Gasteiger partial charge in [-0.2, -0.15) is 11.8 Å². The largest absolute Gasteiger partial charge is 0.387 e. The molecule has 1 heterocycles. The van der Waals surface area contributed by atoms with E-state index in [0.29, 0.717) is 5.75 Å². The van der Waals surface area contributed by atoms with Crippen LogP contribution in [0.5, 0.6) is 0 Å². The van der Waals surface area contributed by atoms with Crippen LogP contribution in [0.15, 0.2) is 4.99 Å². The Balaban J connectivity index is 2.52. The number of amides is 2. The van der Waals surface area contributed by atoms with Crippen LogP contribution < -0.4 is 10.6 Å². The molecule has 0 aliphatic carbocycles. The number of nitrogens with zero attached hydrogens (tertiary/aromatic N) is 1. The molecule has 1 aliphatic rings. The summed E-state index contributed by atoms with van der Waals surface area (Å²) in [5.74, 6) is -0.811. The summed E-state index contributed by atoms with van der Waals surface area (Å²) in [7, 11) is 0. The van der Waals surface area contributed by atoms with Crippen molar-refractivity contribution >= 4 is 29.5 Å². The molecular formula is C8H13N3O3S. The molecule has 0 radical (unpaired) electrons. The lowest BCUT2D eigenvalue weighted by molar-refractivity contribution is -0.135. The lowest BCUT2D eigenvalue weighted by Gasteiger charge is -2.19. The maximum atomic E-state index is 10.8. The molecule has 7 heteroatoms. The molecule has 15 heavy (non-hydrogen) atoms. The number of guanidine groups is 1. The first kappa shape index (κ1) is 12.0. The molecule has 0 aromatic rings. The maximum Gasteiger partial charge on any atom is 0.316 e. The van der Waals surface area contributed by atoms with Gasteiger partial charge in [-0.25, -0.2) is 4.99 Å². The molecule has 1 atom stereocenters. The molecule has 1 rings (SSSR count). The highest BCUT2D eigenvalue weighted by Crippen LogP contribution is 2.10. The van der Waals surface area contributed by atoms with Gasteiger partial charge in [0.2, 0.25) is 5.96 Å². The van der Waals surface area contributed by atoms with Crippen LogP contribution in [-0.2, 0) is 9.59 Å². The van der Waals surface area contributed by atoms with Gasteiger partial charge in [-0.15, -0.1) is 0 Å². The summed E-state index contributed by atoms with van der Waals surface area (Å²) in [4.78, 5) is 25.4. The number of hydrogen-bond donors (Lipinski definition) is 3. The molecule has 6 nitrogen and oxygen atoms in total. The van der Waals surface area contributed by atoms with Gasteiger partial charge in [0.15, 0.2) is 0 Å². The van der Waals surface area contributed by atoms with Crippen molar-refractivity contribution in [3.05, 3.63) is 0 Å². The van der Waals surface area contributed by atoms with Crippen molar-refractivity contribution in [1.29, 1.82) is 0 Å². The second kappa shape index (κ2) is 4.63. The Morgan fingerprint density at radius 1 is 1.40 bits per heavy atom. The molecule has 0 spiro atoms. The molecule has 2 amide bonds. The average molecular weight is 231 g/mol. The highest BCUT2D eigenvalue weighted by atomic mass is 32.2. The summed E-state index contributed by atoms with van der Waals surface area (Å²) in [5.41, 5.74) is -0.940. The number of aliphatic hydroxyl groups is 1. The smallest absolute Gasteiger partial charge is 0.316 e. The molecule has 1 saturated heterocycles. The minimum absolute atomic E-state index is 0.103. The minimum atomic E-state index is -0.940. The second-order valence-corrected chi connectivity index (χ2v) is 4.37. The highest BCUT2D eigenvalue weighted by molar-refractivity contribution is 7.98. The van der Waals surface area contributed by atoms with Gasteiger partial charge < -0.3 is 5.11 Å². The van der Waals surface area contributed by atoms with Crippen molar-refractivity contribution in [1.82, 2.24) is 10.6 Å². The zero-order valence-electron chi connectivity index (χ0n) is 8.53. The summed E-state index contributed by atoms with van der Waals surface area (Å²) in [6.07, 6.45) is 1.88. The normalized spacial score (nSPS) is 19.5. The first-order chi connectivity index (χ1) is 6.94. The van der Waals surface area contributed by atoms with Gasteiger partial charge in [0.1, 0.15) is 0 Å². The second-order valence-electron chi connectivity index (χ2n) is 3.50. The van der Waals surface area contributed by atoms with E-state index in [0.717, 1.165) is 0 Å². The first-order valence-corrected chi connectivity index (χ1v) is 5.72. The number of nitrogens with one attached hydrogen (secondary N) is 2. The molecule has 84 valence electrons. The van der Waals surface area contributed by atoms with Crippen molar-refractivity contribution in [3.63, 3.8) is 0 Å². The van der Waals surface area contributed by atoms with Gasteiger partial charge >= 0.3 is 11.8 Å². The van der Waals surface area contributed by atoms with E-state index < -0.39 is 17.4 Å². The fourth-order valence-electron chi connectivity index (χ4n) is 1.04. The molecule has 0 bridgehead atoms. The Labute approximate surface area is 91.5 Å². The third-order valence-electron chi connectivity index (χ3n) is 1.70. The molecule has 1 aliphatic heterocycles. The van der Waals surface area contributed by atoms with E-state index in [1.165, 1.54) is 11.8 Å². The molecular weight excluding hydrogens is 218 g/mol. The van der Waals surface area contributed by atoms with Crippen LogP contribution in [0.2, 0.25) is 0 Å². The van der Waals surface area contributed by atoms with Crippen molar-refractivity contribution in [2.75, 3.05) is 18.6 Å². The Kier molecular flexibility index (Phi) is 3.70. The monoisotopic (exact) mass is 231 g/mol. The Morgan fingerprint density at radius 2 is 1.93 bits per heavy atom. The van der Waals surface area contributed by atoms with E-state index in [1.54, 1.807) is 6.92 Å². The molecule has 0 aromatic carbocycles. The number of rotatable bonds is 4. The molecule has 1 fully saturated rings. The van der Waals surface area contributed by atoms with Gasteiger partial charge in [0, 0.05) is 5.75 Å². The minimum Gasteiger partial charge on any atom is -0.387 e. The van der Waals surface area contributed by atoms with Gasteiger partial charge in [0.05, 0.1) is 12.1 Å². The lowest BCUT2D eigenvalue weighted by Crippen LogP contribution is -2.34. The van der Waals surface area contributed by atoms with E-state index in [2.05, 4.69) is 15.6 Å². The number of hydrogen-bond acceptors (Lipinski definition) is 5. The highest BCUT2D eigenvalue weighted by Gasteiger charge is 2.26. The van der Waals surface area contributed by atoms with Crippen LogP contribution in [0.4, 0.5) is 0 Å². The van der Waals surface area contributed by atoms with Crippen LogP contribution in [0.25, 0.3) is 0 Å². The van der Waals surface area contributed by atoms with Gasteiger partial charge in [-0.1, -0.05) is 0 Å². The summed E-state index contributed by atoms with van der Waals surface area (Å²) >= 11 is 1.50. The molecule has 0 saturated carbocycles. The number of thioether (sulfide) groups is 1. The van der Waals surface area contributed by atoms with Crippen LogP contribution in [0, 0.1) is 0 Å². The van der Waals surface area contributed by atoms with Crippen molar-refractivity contribution in [2.24, 2.45) is 4.99 Å². The van der Waals surface area contributed by atoms with Crippen LogP contribution >= 0.6 is 11.8 Å². The van der Waals surface area contributed by atoms with Crippen molar-refractivity contribution < 1.29 is 14.7 Å². The van der Waals surface area contributed by atoms with Crippen molar-refractivity contribution in [3.8, 4) is 0 Å². The zero-order chi connectivity index (χ0) is 11.5. The quantitative estimate of drug-likeness (QED) is 0.525. The van der Waals surface area contributed by atoms with Gasteiger partial charge in [-0.05, 0) is 13.2 Å².